The maximum absolute atomic E-state index is 11.8. The molecule has 24 heavy (non-hydrogen) atoms. The molecule has 124 valence electrons. The number of non-ortho nitro benzene ring substituents is 1. The number of carboxylic acids is 1. The number of amides is 1. The molecule has 0 bridgehead atoms. The number of aromatic nitrogens is 1. The first-order chi connectivity index (χ1) is 11.4. The average molecular weight is 333 g/mol. The molecule has 10 heteroatoms. The number of carboxylic acid groups (broad SMARTS) is 1. The summed E-state index contributed by atoms with van der Waals surface area (Å²) in [5, 5.41) is 21.9. The summed E-state index contributed by atoms with van der Waals surface area (Å²) in [6.07, 6.45) is 0.936. The van der Waals surface area contributed by atoms with Crippen LogP contribution in [0.1, 0.15) is 10.4 Å². The van der Waals surface area contributed by atoms with Gasteiger partial charge in [-0.25, -0.2) is 4.79 Å². The van der Waals surface area contributed by atoms with Gasteiger partial charge in [0.1, 0.15) is 0 Å². The zero-order chi connectivity index (χ0) is 17.7. The van der Waals surface area contributed by atoms with E-state index < -0.39 is 29.0 Å². The molecule has 10 nitrogen and oxygen atoms in total. The van der Waals surface area contributed by atoms with Crippen molar-refractivity contribution < 1.29 is 24.5 Å². The first-order valence-electron chi connectivity index (χ1n) is 6.50. The van der Waals surface area contributed by atoms with Crippen molar-refractivity contribution in [1.29, 1.82) is 0 Å². The van der Waals surface area contributed by atoms with E-state index in [0.29, 0.717) is 4.73 Å². The standard InChI is InChI=1S/C14H11N3O7/c18-12(15-10-2-1-3-11(6-10)17(22)23)8-24-16-7-9(14(20)21)4-5-13(16)19/h1-7H,8H2,(H,15,18)(H,20,21). The second-order valence-electron chi connectivity index (χ2n) is 4.52. The van der Waals surface area contributed by atoms with Gasteiger partial charge in [0.05, 0.1) is 16.7 Å². The van der Waals surface area contributed by atoms with Crippen LogP contribution in [-0.4, -0.2) is 33.2 Å². The third-order valence-electron chi connectivity index (χ3n) is 2.80. The van der Waals surface area contributed by atoms with Crippen molar-refractivity contribution >= 4 is 23.3 Å². The van der Waals surface area contributed by atoms with Crippen LogP contribution in [0.3, 0.4) is 0 Å². The molecule has 1 aromatic heterocycles. The van der Waals surface area contributed by atoms with Crippen LogP contribution < -0.4 is 15.7 Å². The van der Waals surface area contributed by atoms with Gasteiger partial charge >= 0.3 is 5.97 Å². The van der Waals surface area contributed by atoms with Gasteiger partial charge in [0.15, 0.2) is 6.61 Å². The number of hydrogen-bond donors (Lipinski definition) is 2. The van der Waals surface area contributed by atoms with Crippen LogP contribution in [0.2, 0.25) is 0 Å². The summed E-state index contributed by atoms with van der Waals surface area (Å²) in [4.78, 5) is 49.1. The highest BCUT2D eigenvalue weighted by Gasteiger charge is 2.10. The summed E-state index contributed by atoms with van der Waals surface area (Å²) in [6.45, 7) is -0.592. The van der Waals surface area contributed by atoms with E-state index in [2.05, 4.69) is 5.32 Å². The summed E-state index contributed by atoms with van der Waals surface area (Å²) < 4.78 is 0.622. The van der Waals surface area contributed by atoms with Crippen LogP contribution >= 0.6 is 0 Å². The van der Waals surface area contributed by atoms with Gasteiger partial charge in [0, 0.05) is 23.9 Å². The zero-order valence-corrected chi connectivity index (χ0v) is 12.0. The second kappa shape index (κ2) is 7.05. The summed E-state index contributed by atoms with van der Waals surface area (Å²) in [5.41, 5.74) is -0.847. The maximum Gasteiger partial charge on any atom is 0.337 e. The Kier molecular flexibility index (Phi) is 4.90. The van der Waals surface area contributed by atoms with Crippen molar-refractivity contribution in [2.45, 2.75) is 0 Å². The molecule has 0 saturated heterocycles. The van der Waals surface area contributed by atoms with Crippen LogP contribution in [0, 0.1) is 10.1 Å². The van der Waals surface area contributed by atoms with Crippen LogP contribution in [0.5, 0.6) is 0 Å². The second-order valence-corrected chi connectivity index (χ2v) is 4.52. The number of nitrogens with one attached hydrogen (secondary N) is 1. The fourth-order valence-corrected chi connectivity index (χ4v) is 1.72. The van der Waals surface area contributed by atoms with Crippen LogP contribution in [-0.2, 0) is 4.79 Å². The zero-order valence-electron chi connectivity index (χ0n) is 12.0. The van der Waals surface area contributed by atoms with Crippen molar-refractivity contribution in [2.75, 3.05) is 11.9 Å². The SMILES string of the molecule is O=C(COn1cc(C(=O)O)ccc1=O)Nc1cccc([N+](=O)[O-])c1. The Morgan fingerprint density at radius 2 is 2.04 bits per heavy atom. The quantitative estimate of drug-likeness (QED) is 0.580. The lowest BCUT2D eigenvalue weighted by Crippen LogP contribution is -2.32. The fourth-order valence-electron chi connectivity index (χ4n) is 1.72. The normalized spacial score (nSPS) is 10.0. The predicted octanol–water partition coefficient (Wildman–Crippen LogP) is 0.522. The molecule has 1 aromatic carbocycles. The number of aromatic carboxylic acids is 1. The third-order valence-corrected chi connectivity index (χ3v) is 2.80. The summed E-state index contributed by atoms with van der Waals surface area (Å²) >= 11 is 0. The molecule has 1 heterocycles. The molecule has 2 rings (SSSR count). The third kappa shape index (κ3) is 4.16. The van der Waals surface area contributed by atoms with E-state index >= 15 is 0 Å². The van der Waals surface area contributed by atoms with E-state index in [-0.39, 0.29) is 16.9 Å². The molecule has 0 fully saturated rings. The fraction of sp³-hybridized carbons (Fsp3) is 0.0714. The molecule has 0 aliphatic heterocycles. The summed E-state index contributed by atoms with van der Waals surface area (Å²) in [5.74, 6) is -1.93. The molecular weight excluding hydrogens is 322 g/mol. The Hall–Kier alpha value is -3.69. The lowest BCUT2D eigenvalue weighted by atomic mass is 10.3. The van der Waals surface area contributed by atoms with Crippen molar-refractivity contribution in [3.05, 3.63) is 68.6 Å². The molecule has 0 saturated carbocycles. The molecule has 0 aliphatic rings. The molecule has 0 spiro atoms. The minimum atomic E-state index is -1.26. The smallest absolute Gasteiger partial charge is 0.337 e. The number of carbonyl (C=O) groups is 2. The molecule has 0 unspecified atom stereocenters. The molecule has 0 atom stereocenters. The van der Waals surface area contributed by atoms with Gasteiger partial charge in [0.2, 0.25) is 0 Å². The first-order valence-corrected chi connectivity index (χ1v) is 6.50. The number of hydrogen-bond acceptors (Lipinski definition) is 6. The van der Waals surface area contributed by atoms with E-state index in [9.17, 15) is 24.5 Å². The Labute approximate surface area is 134 Å². The van der Waals surface area contributed by atoms with E-state index in [4.69, 9.17) is 9.94 Å². The topological polar surface area (TPSA) is 141 Å². The minimum absolute atomic E-state index is 0.185. The highest BCUT2D eigenvalue weighted by atomic mass is 16.7. The monoisotopic (exact) mass is 333 g/mol. The van der Waals surface area contributed by atoms with E-state index in [1.807, 2.05) is 0 Å². The predicted molar refractivity (Wildman–Crippen MR) is 80.8 cm³/mol. The van der Waals surface area contributed by atoms with Crippen molar-refractivity contribution in [3.8, 4) is 0 Å². The lowest BCUT2D eigenvalue weighted by molar-refractivity contribution is -0.384. The van der Waals surface area contributed by atoms with Crippen LogP contribution in [0.4, 0.5) is 11.4 Å². The number of nitrogens with zero attached hydrogens (tertiary/aromatic N) is 2. The number of nitro benzene ring substituents is 1. The van der Waals surface area contributed by atoms with Crippen molar-refractivity contribution in [1.82, 2.24) is 4.73 Å². The first kappa shape index (κ1) is 16.7. The van der Waals surface area contributed by atoms with Gasteiger partial charge in [-0.2, -0.15) is 4.73 Å². The average Bonchev–Trinajstić information content (AvgIpc) is 2.54. The van der Waals surface area contributed by atoms with Gasteiger partial charge in [-0.3, -0.25) is 19.7 Å². The maximum atomic E-state index is 11.8. The minimum Gasteiger partial charge on any atom is -0.478 e. The van der Waals surface area contributed by atoms with E-state index in [1.54, 1.807) is 0 Å². The summed E-state index contributed by atoms with van der Waals surface area (Å²) in [7, 11) is 0. The Balaban J connectivity index is 2.02. The van der Waals surface area contributed by atoms with Gasteiger partial charge in [-0.1, -0.05) is 6.07 Å². The molecular formula is C14H11N3O7. The van der Waals surface area contributed by atoms with Gasteiger partial charge in [0.25, 0.3) is 17.2 Å². The Morgan fingerprint density at radius 3 is 2.71 bits per heavy atom. The van der Waals surface area contributed by atoms with Crippen molar-refractivity contribution in [3.63, 3.8) is 0 Å². The molecule has 2 N–H and O–H groups in total. The number of benzene rings is 1. The number of carbonyl (C=O) groups excluding carboxylic acids is 1. The van der Waals surface area contributed by atoms with Gasteiger partial charge in [-0.05, 0) is 12.1 Å². The van der Waals surface area contributed by atoms with Gasteiger partial charge < -0.3 is 15.3 Å². The Bertz CT molecular complexity index is 859. The molecule has 0 radical (unpaired) electrons. The molecule has 1 amide bonds. The Morgan fingerprint density at radius 1 is 1.29 bits per heavy atom. The largest absolute Gasteiger partial charge is 0.478 e. The number of anilines is 1. The number of nitro groups is 1. The number of pyridine rings is 1. The van der Waals surface area contributed by atoms with E-state index in [0.717, 1.165) is 24.4 Å². The highest BCUT2D eigenvalue weighted by Crippen LogP contribution is 2.16. The van der Waals surface area contributed by atoms with Crippen molar-refractivity contribution in [2.24, 2.45) is 0 Å². The number of rotatable bonds is 6. The molecule has 2 aromatic rings. The highest BCUT2D eigenvalue weighted by molar-refractivity contribution is 5.92. The molecule has 0 aliphatic carbocycles. The van der Waals surface area contributed by atoms with Gasteiger partial charge in [-0.15, -0.1) is 0 Å². The van der Waals surface area contributed by atoms with E-state index in [1.165, 1.54) is 18.2 Å². The summed E-state index contributed by atoms with van der Waals surface area (Å²) in [6, 6.07) is 7.37. The van der Waals surface area contributed by atoms with Crippen LogP contribution in [0.15, 0.2) is 47.4 Å². The van der Waals surface area contributed by atoms with Crippen LogP contribution in [0.25, 0.3) is 0 Å². The lowest BCUT2D eigenvalue weighted by Gasteiger charge is -2.09.